The van der Waals surface area contributed by atoms with Gasteiger partial charge in [-0.25, -0.2) is 9.78 Å². The van der Waals surface area contributed by atoms with E-state index in [1.807, 2.05) is 38.1 Å². The molecule has 1 aliphatic heterocycles. The van der Waals surface area contributed by atoms with E-state index in [0.29, 0.717) is 37.2 Å². The van der Waals surface area contributed by atoms with Gasteiger partial charge in [0.25, 0.3) is 5.91 Å². The smallest absolute Gasteiger partial charge is 0.326 e. The fourth-order valence-electron chi connectivity index (χ4n) is 4.03. The number of aromatic nitrogens is 1. The number of aliphatic carboxylic acids is 1. The topological polar surface area (TPSA) is 102 Å². The highest BCUT2D eigenvalue weighted by molar-refractivity contribution is 5.91. The fourth-order valence-corrected chi connectivity index (χ4v) is 4.03. The van der Waals surface area contributed by atoms with E-state index in [2.05, 4.69) is 24.9 Å². The van der Waals surface area contributed by atoms with Crippen LogP contribution in [0.5, 0.6) is 5.75 Å². The SMILES string of the molecule is CCO/C=C/C(=O)N1Cc2cc(OCCc3nc(/C=C/CCC(C)C)oc3C)ccc2C[C@H]1C(=O)O. The van der Waals surface area contributed by atoms with E-state index in [4.69, 9.17) is 13.9 Å². The highest BCUT2D eigenvalue weighted by atomic mass is 16.5. The first-order chi connectivity index (χ1) is 17.3. The van der Waals surface area contributed by atoms with E-state index in [9.17, 15) is 14.7 Å². The molecule has 2 aromatic rings. The summed E-state index contributed by atoms with van der Waals surface area (Å²) in [4.78, 5) is 30.3. The Hall–Kier alpha value is -3.55. The minimum Gasteiger partial charge on any atom is -0.501 e. The molecule has 1 atom stereocenters. The second-order valence-corrected chi connectivity index (χ2v) is 9.24. The molecule has 0 fully saturated rings. The number of carboxylic acids is 1. The predicted octanol–water partition coefficient (Wildman–Crippen LogP) is 4.94. The van der Waals surface area contributed by atoms with Crippen molar-refractivity contribution in [2.45, 2.75) is 66.0 Å². The van der Waals surface area contributed by atoms with E-state index in [-0.39, 0.29) is 13.0 Å². The molecule has 1 N–H and O–H groups in total. The summed E-state index contributed by atoms with van der Waals surface area (Å²) in [5.74, 6) is 1.28. The van der Waals surface area contributed by atoms with Gasteiger partial charge in [-0.3, -0.25) is 4.79 Å². The number of fused-ring (bicyclic) bond motifs is 1. The molecule has 194 valence electrons. The van der Waals surface area contributed by atoms with E-state index < -0.39 is 17.9 Å². The highest BCUT2D eigenvalue weighted by Gasteiger charge is 2.34. The fraction of sp³-hybridized carbons (Fsp3) is 0.464. The highest BCUT2D eigenvalue weighted by Crippen LogP contribution is 2.28. The molecule has 0 saturated heterocycles. The van der Waals surface area contributed by atoms with Gasteiger partial charge in [-0.05, 0) is 61.9 Å². The van der Waals surface area contributed by atoms with Gasteiger partial charge >= 0.3 is 5.97 Å². The first-order valence-electron chi connectivity index (χ1n) is 12.5. The van der Waals surface area contributed by atoms with E-state index in [1.54, 1.807) is 0 Å². The van der Waals surface area contributed by atoms with Crippen LogP contribution in [0.15, 0.2) is 41.0 Å². The lowest BCUT2D eigenvalue weighted by Crippen LogP contribution is -2.48. The van der Waals surface area contributed by atoms with Gasteiger partial charge in [0.05, 0.1) is 25.2 Å². The Morgan fingerprint density at radius 1 is 1.31 bits per heavy atom. The molecule has 0 aliphatic carbocycles. The zero-order valence-electron chi connectivity index (χ0n) is 21.5. The Morgan fingerprint density at radius 3 is 2.83 bits per heavy atom. The average molecular weight is 497 g/mol. The van der Waals surface area contributed by atoms with Crippen LogP contribution in [-0.2, 0) is 33.7 Å². The third-order valence-corrected chi connectivity index (χ3v) is 6.04. The van der Waals surface area contributed by atoms with Crippen molar-refractivity contribution < 1.29 is 28.6 Å². The van der Waals surface area contributed by atoms with E-state index in [0.717, 1.165) is 35.4 Å². The number of carbonyl (C=O) groups excluding carboxylic acids is 1. The molecule has 8 heteroatoms. The number of allylic oxidation sites excluding steroid dienone is 1. The minimum atomic E-state index is -1.03. The van der Waals surface area contributed by atoms with E-state index >= 15 is 0 Å². The Labute approximate surface area is 212 Å². The normalized spacial score (nSPS) is 15.6. The van der Waals surface area contributed by atoms with Crippen LogP contribution in [0.2, 0.25) is 0 Å². The van der Waals surface area contributed by atoms with Gasteiger partial charge in [0.2, 0.25) is 5.89 Å². The maximum atomic E-state index is 12.6. The van der Waals surface area contributed by atoms with Crippen molar-refractivity contribution in [2.75, 3.05) is 13.2 Å². The Kier molecular flexibility index (Phi) is 9.73. The van der Waals surface area contributed by atoms with Gasteiger partial charge in [0.1, 0.15) is 17.6 Å². The molecule has 3 rings (SSSR count). The second-order valence-electron chi connectivity index (χ2n) is 9.24. The van der Waals surface area contributed by atoms with Crippen molar-refractivity contribution in [3.63, 3.8) is 0 Å². The Bertz CT molecular complexity index is 1100. The molecule has 1 aliphatic rings. The lowest BCUT2D eigenvalue weighted by atomic mass is 9.93. The molecule has 1 aromatic carbocycles. The minimum absolute atomic E-state index is 0.188. The Morgan fingerprint density at radius 2 is 2.11 bits per heavy atom. The molecule has 2 heterocycles. The summed E-state index contributed by atoms with van der Waals surface area (Å²) in [6.45, 7) is 9.15. The molecule has 1 amide bonds. The van der Waals surface area contributed by atoms with Gasteiger partial charge in [-0.15, -0.1) is 0 Å². The monoisotopic (exact) mass is 496 g/mol. The number of nitrogens with zero attached hydrogens (tertiary/aromatic N) is 2. The quantitative estimate of drug-likeness (QED) is 0.328. The number of oxazole rings is 1. The van der Waals surface area contributed by atoms with Crippen molar-refractivity contribution in [3.8, 4) is 5.75 Å². The standard InChI is InChI=1S/C28H36N2O6/c1-5-34-14-13-27(31)30-18-22-16-23(11-10-21(22)17-25(30)28(32)33)35-15-12-24-20(4)36-26(29-24)9-7-6-8-19(2)3/h7,9-11,13-14,16,19,25H,5-6,8,12,15,17-18H2,1-4H3,(H,32,33)/b9-7+,14-13+/t25-/m0/s1. The number of carbonyl (C=O) groups is 2. The van der Waals surface area contributed by atoms with Crippen molar-refractivity contribution >= 4 is 18.0 Å². The maximum absolute atomic E-state index is 12.6. The summed E-state index contributed by atoms with van der Waals surface area (Å²) in [6.07, 6.45) is 9.54. The molecule has 0 unspecified atom stereocenters. The lowest BCUT2D eigenvalue weighted by Gasteiger charge is -2.34. The first kappa shape index (κ1) is 27.0. The van der Waals surface area contributed by atoms with Crippen LogP contribution in [0, 0.1) is 12.8 Å². The molecule has 0 spiro atoms. The number of carboxylic acid groups (broad SMARTS) is 1. The molecule has 0 bridgehead atoms. The molecule has 1 aromatic heterocycles. The zero-order valence-corrected chi connectivity index (χ0v) is 21.5. The van der Waals surface area contributed by atoms with Crippen LogP contribution in [-0.4, -0.2) is 46.1 Å². The van der Waals surface area contributed by atoms with Crippen LogP contribution in [0.1, 0.15) is 62.1 Å². The van der Waals surface area contributed by atoms with Gasteiger partial charge in [0, 0.05) is 25.5 Å². The van der Waals surface area contributed by atoms with Crippen molar-refractivity contribution in [1.82, 2.24) is 9.88 Å². The summed E-state index contributed by atoms with van der Waals surface area (Å²) in [5.41, 5.74) is 2.63. The molecular weight excluding hydrogens is 460 g/mol. The first-order valence-corrected chi connectivity index (χ1v) is 12.5. The summed E-state index contributed by atoms with van der Waals surface area (Å²) in [6, 6.07) is 4.66. The summed E-state index contributed by atoms with van der Waals surface area (Å²) in [7, 11) is 0. The number of benzene rings is 1. The Balaban J connectivity index is 1.61. The zero-order chi connectivity index (χ0) is 26.1. The third kappa shape index (κ3) is 7.47. The number of aryl methyl sites for hydroxylation is 1. The number of amides is 1. The predicted molar refractivity (Wildman–Crippen MR) is 136 cm³/mol. The van der Waals surface area contributed by atoms with Crippen LogP contribution in [0.4, 0.5) is 0 Å². The van der Waals surface area contributed by atoms with Gasteiger partial charge in [0.15, 0.2) is 0 Å². The van der Waals surface area contributed by atoms with Crippen LogP contribution < -0.4 is 4.74 Å². The van der Waals surface area contributed by atoms with Crippen molar-refractivity contribution in [1.29, 1.82) is 0 Å². The summed E-state index contributed by atoms with van der Waals surface area (Å²) in [5, 5.41) is 9.65. The maximum Gasteiger partial charge on any atom is 0.326 e. The van der Waals surface area contributed by atoms with Gasteiger partial charge < -0.3 is 23.9 Å². The lowest BCUT2D eigenvalue weighted by molar-refractivity contribution is -0.149. The molecule has 0 saturated carbocycles. The number of hydrogen-bond donors (Lipinski definition) is 1. The van der Waals surface area contributed by atoms with Crippen molar-refractivity contribution in [2.24, 2.45) is 5.92 Å². The van der Waals surface area contributed by atoms with Crippen LogP contribution in [0.3, 0.4) is 0 Å². The van der Waals surface area contributed by atoms with Gasteiger partial charge in [-0.2, -0.15) is 0 Å². The summed E-state index contributed by atoms with van der Waals surface area (Å²) < 4.78 is 16.8. The molecule has 8 nitrogen and oxygen atoms in total. The third-order valence-electron chi connectivity index (χ3n) is 6.04. The number of hydrogen-bond acceptors (Lipinski definition) is 6. The molecular formula is C28H36N2O6. The van der Waals surface area contributed by atoms with Gasteiger partial charge in [-0.1, -0.05) is 26.0 Å². The molecule has 36 heavy (non-hydrogen) atoms. The van der Waals surface area contributed by atoms with Crippen LogP contribution in [0.25, 0.3) is 6.08 Å². The summed E-state index contributed by atoms with van der Waals surface area (Å²) >= 11 is 0. The molecule has 0 radical (unpaired) electrons. The van der Waals surface area contributed by atoms with E-state index in [1.165, 1.54) is 17.2 Å². The number of ether oxygens (including phenoxy) is 2. The second kappa shape index (κ2) is 13.0. The largest absolute Gasteiger partial charge is 0.501 e. The number of rotatable bonds is 12. The average Bonchev–Trinajstić information content (AvgIpc) is 3.19. The van der Waals surface area contributed by atoms with Crippen LogP contribution >= 0.6 is 0 Å². The van der Waals surface area contributed by atoms with Crippen molar-refractivity contribution in [3.05, 3.63) is 65.1 Å².